The van der Waals surface area contributed by atoms with E-state index in [1.54, 1.807) is 36.4 Å². The molecule has 4 aromatic rings. The SMILES string of the molecule is CC(C)C1NC(=O)C(Cc2ccc(OP(=O)(O)O)cc2)NC(=O)C(CCCN=C(N)N)NC(=O)C(CCCN=C(N)N)NC(=O)C2CCCN2C(=O)C2CCCN2C(=O)C(CCCN=C(N)N)NC(=O)C(Cc2ccc3ccccc3c2)NC(=O)C(Cc2ccccc2)NC(=O)C(CC(N)=O)NC1=O. The van der Waals surface area contributed by atoms with Crippen molar-refractivity contribution in [1.29, 1.82) is 0 Å². The van der Waals surface area contributed by atoms with Crippen molar-refractivity contribution in [3.63, 3.8) is 0 Å². The average Bonchev–Trinajstić information content (AvgIpc) is 1.53. The third-order valence-corrected chi connectivity index (χ3v) is 18.1. The van der Waals surface area contributed by atoms with Gasteiger partial charge in [0.1, 0.15) is 66.2 Å². The molecule has 10 unspecified atom stereocenters. The molecule has 11 amide bonds. The number of nitrogens with two attached hydrogens (primary N) is 7. The molecule has 36 heteroatoms. The van der Waals surface area contributed by atoms with Crippen LogP contribution < -0.4 is 87.2 Å². The van der Waals surface area contributed by atoms with E-state index in [0.717, 1.165) is 10.8 Å². The number of primary amides is 1. The highest BCUT2D eigenvalue weighted by Crippen LogP contribution is 2.37. The second kappa shape index (κ2) is 38.4. The lowest BCUT2D eigenvalue weighted by atomic mass is 9.99. The van der Waals surface area contributed by atoms with E-state index in [0.29, 0.717) is 24.0 Å². The van der Waals surface area contributed by atoms with Crippen LogP contribution in [0.25, 0.3) is 10.8 Å². The standard InChI is InChI=1S/C68H95N20O15P/c1-38(2)55-63(97)85-51(37-54(69)89)60(94)83-48(34-39-13-4-3-5-14-39)59(93)84-50(36-41-22-25-42-15-6-7-16-43(42)33-41)58(92)81-47(19-10-30-78-68(74)75)64(98)88-32-12-21-53(88)65(99)87-31-11-20-52(87)62(96)80-46(18-9-29-77-67(72)73)56(90)79-45(17-8-28-76-66(70)71)57(91)82-49(61(95)86-55)35-40-23-26-44(27-24-40)103-104(100,101)102/h3-7,13-16,22-27,33,38,45-53,55H,8-12,17-21,28-32,34-37H2,1-2H3,(H2,69,89)(H,79,90)(H,80,96)(H,81,92)(H,82,91)(H,83,94)(H,84,93)(H,85,97)(H,86,95)(H4,70,71,76)(H4,72,73,77)(H4,74,75,78)(H2,100,101,102). The van der Waals surface area contributed by atoms with Crippen LogP contribution in [0.5, 0.6) is 5.75 Å². The fraction of sp³-hybridized carbons (Fsp3) is 0.471. The smallest absolute Gasteiger partial charge is 0.404 e. The van der Waals surface area contributed by atoms with Gasteiger partial charge in [-0.2, -0.15) is 0 Å². The van der Waals surface area contributed by atoms with Crippen LogP contribution in [0.4, 0.5) is 0 Å². The van der Waals surface area contributed by atoms with Crippen molar-refractivity contribution in [2.75, 3.05) is 32.7 Å². The quantitative estimate of drug-likeness (QED) is 0.0151. The zero-order valence-electron chi connectivity index (χ0n) is 57.9. The van der Waals surface area contributed by atoms with Crippen LogP contribution >= 0.6 is 7.82 Å². The van der Waals surface area contributed by atoms with Crippen LogP contribution in [0.1, 0.15) is 101 Å². The lowest BCUT2D eigenvalue weighted by molar-refractivity contribution is -0.148. The number of phosphoric ester groups is 1. The van der Waals surface area contributed by atoms with E-state index in [1.165, 1.54) is 47.9 Å². The summed E-state index contributed by atoms with van der Waals surface area (Å²) in [4.78, 5) is 197. The van der Waals surface area contributed by atoms with Crippen LogP contribution in [0.15, 0.2) is 112 Å². The summed E-state index contributed by atoms with van der Waals surface area (Å²) in [6.07, 6.45) is -1.00. The number of guanidine groups is 3. The van der Waals surface area contributed by atoms with E-state index < -0.39 is 152 Å². The predicted molar refractivity (Wildman–Crippen MR) is 384 cm³/mol. The maximum absolute atomic E-state index is 15.3. The van der Waals surface area contributed by atoms with Crippen molar-refractivity contribution in [1.82, 2.24) is 52.3 Å². The first kappa shape index (κ1) is 80.4. The molecular weight excluding hydrogens is 1370 g/mol. The number of aliphatic imine (C=N–C) groups is 3. The third-order valence-electron chi connectivity index (χ3n) is 17.7. The topological polar surface area (TPSA) is 576 Å². The van der Waals surface area contributed by atoms with Gasteiger partial charge >= 0.3 is 7.82 Å². The van der Waals surface area contributed by atoms with Gasteiger partial charge in [-0.05, 0) is 110 Å². The molecule has 3 aliphatic rings. The van der Waals surface area contributed by atoms with E-state index in [2.05, 4.69) is 57.5 Å². The van der Waals surface area contributed by atoms with Crippen molar-refractivity contribution >= 4 is 101 Å². The normalized spacial score (nSPS) is 23.1. The summed E-state index contributed by atoms with van der Waals surface area (Å²) in [7, 11) is -5.04. The van der Waals surface area contributed by atoms with Gasteiger partial charge in [0, 0.05) is 52.0 Å². The van der Waals surface area contributed by atoms with Gasteiger partial charge in [-0.25, -0.2) is 4.57 Å². The van der Waals surface area contributed by atoms with Gasteiger partial charge in [-0.3, -0.25) is 77.5 Å². The molecule has 0 radical (unpaired) electrons. The molecule has 35 nitrogen and oxygen atoms in total. The molecule has 0 saturated carbocycles. The van der Waals surface area contributed by atoms with Crippen molar-refractivity contribution in [3.05, 3.63) is 114 Å². The molecule has 3 saturated heterocycles. The Labute approximate surface area is 600 Å². The zero-order valence-corrected chi connectivity index (χ0v) is 58.8. The molecule has 4 aromatic carbocycles. The van der Waals surface area contributed by atoms with E-state index >= 15 is 19.2 Å². The second-order valence-corrected chi connectivity index (χ2v) is 27.2. The Morgan fingerprint density at radius 3 is 1.38 bits per heavy atom. The Morgan fingerprint density at radius 2 is 0.875 bits per heavy atom. The van der Waals surface area contributed by atoms with Crippen LogP contribution in [-0.4, -0.2) is 196 Å². The third kappa shape index (κ3) is 24.7. The van der Waals surface area contributed by atoms with E-state index in [9.17, 15) is 47.9 Å². The number of nitrogens with one attached hydrogen (secondary N) is 8. The molecular formula is C68H95N20O15P. The summed E-state index contributed by atoms with van der Waals surface area (Å²) in [6, 6.07) is 11.3. The van der Waals surface area contributed by atoms with Crippen molar-refractivity contribution in [3.8, 4) is 5.75 Å². The minimum Gasteiger partial charge on any atom is -0.404 e. The summed E-state index contributed by atoms with van der Waals surface area (Å²) in [5.41, 5.74) is 40.9. The van der Waals surface area contributed by atoms with Crippen molar-refractivity contribution < 1.29 is 71.6 Å². The molecule has 3 fully saturated rings. The van der Waals surface area contributed by atoms with E-state index in [4.69, 9.17) is 44.7 Å². The number of rotatable bonds is 23. The minimum absolute atomic E-state index is 0.0130. The Bertz CT molecular complexity index is 3870. The first-order valence-corrected chi connectivity index (χ1v) is 35.8. The molecule has 562 valence electrons. The highest BCUT2D eigenvalue weighted by atomic mass is 31.2. The molecule has 10 atom stereocenters. The summed E-state index contributed by atoms with van der Waals surface area (Å²) < 4.78 is 16.5. The van der Waals surface area contributed by atoms with Crippen LogP contribution in [0.2, 0.25) is 0 Å². The highest BCUT2D eigenvalue weighted by Gasteiger charge is 2.45. The summed E-state index contributed by atoms with van der Waals surface area (Å²) in [5, 5.41) is 23.2. The lowest BCUT2D eigenvalue weighted by Gasteiger charge is -2.34. The summed E-state index contributed by atoms with van der Waals surface area (Å²) in [5.74, 6) is -12.0. The zero-order chi connectivity index (χ0) is 75.8. The van der Waals surface area contributed by atoms with Crippen LogP contribution in [-0.2, 0) is 76.6 Å². The summed E-state index contributed by atoms with van der Waals surface area (Å²) >= 11 is 0. The number of nitrogens with zero attached hydrogens (tertiary/aromatic N) is 5. The number of fused-ring (bicyclic) bond motifs is 3. The Hall–Kier alpha value is -10.9. The number of hydrogen-bond donors (Lipinski definition) is 17. The first-order valence-electron chi connectivity index (χ1n) is 34.3. The predicted octanol–water partition coefficient (Wildman–Crippen LogP) is -3.09. The van der Waals surface area contributed by atoms with Gasteiger partial charge in [0.2, 0.25) is 65.0 Å². The number of hydrogen-bond acceptors (Lipinski definition) is 16. The lowest BCUT2D eigenvalue weighted by Crippen LogP contribution is -2.62. The highest BCUT2D eigenvalue weighted by molar-refractivity contribution is 7.46. The largest absolute Gasteiger partial charge is 0.524 e. The number of carbonyl (C=O) groups is 11. The number of benzene rings is 4. The molecule has 3 heterocycles. The van der Waals surface area contributed by atoms with Crippen LogP contribution in [0.3, 0.4) is 0 Å². The molecule has 0 bridgehead atoms. The van der Waals surface area contributed by atoms with Gasteiger partial charge in [-0.1, -0.05) is 98.8 Å². The Balaban J connectivity index is 1.34. The Morgan fingerprint density at radius 1 is 0.471 bits per heavy atom. The molecule has 3 aliphatic heterocycles. The number of carbonyl (C=O) groups excluding carboxylic acids is 11. The van der Waals surface area contributed by atoms with Gasteiger partial charge in [0.05, 0.1) is 6.42 Å². The molecule has 104 heavy (non-hydrogen) atoms. The maximum atomic E-state index is 15.3. The molecule has 24 N–H and O–H groups in total. The Kier molecular flexibility index (Phi) is 29.7. The monoisotopic (exact) mass is 1460 g/mol. The average molecular weight is 1460 g/mol. The summed E-state index contributed by atoms with van der Waals surface area (Å²) in [6.45, 7) is 3.09. The van der Waals surface area contributed by atoms with Gasteiger partial charge in [0.15, 0.2) is 17.9 Å². The molecule has 0 aliphatic carbocycles. The van der Waals surface area contributed by atoms with Crippen LogP contribution in [0, 0.1) is 5.92 Å². The number of amides is 11. The van der Waals surface area contributed by atoms with Crippen molar-refractivity contribution in [2.45, 2.75) is 164 Å². The van der Waals surface area contributed by atoms with E-state index in [-0.39, 0.29) is 126 Å². The fourth-order valence-corrected chi connectivity index (χ4v) is 12.9. The van der Waals surface area contributed by atoms with Gasteiger partial charge < -0.3 is 97.0 Å². The first-order chi connectivity index (χ1) is 49.4. The molecule has 7 rings (SSSR count). The fourth-order valence-electron chi connectivity index (χ4n) is 12.5. The molecule has 0 aromatic heterocycles. The van der Waals surface area contributed by atoms with Gasteiger partial charge in [-0.15, -0.1) is 0 Å². The second-order valence-electron chi connectivity index (χ2n) is 26.1. The van der Waals surface area contributed by atoms with E-state index in [1.807, 2.05) is 36.4 Å². The minimum atomic E-state index is -5.04. The molecule has 0 spiro atoms. The van der Waals surface area contributed by atoms with Crippen molar-refractivity contribution in [2.24, 2.45) is 61.0 Å². The van der Waals surface area contributed by atoms with Gasteiger partial charge in [0.25, 0.3) is 0 Å². The number of phosphoric acid groups is 1. The maximum Gasteiger partial charge on any atom is 0.524 e.